The van der Waals surface area contributed by atoms with E-state index in [4.69, 9.17) is 16.3 Å². The van der Waals surface area contributed by atoms with Crippen molar-refractivity contribution in [3.05, 3.63) is 47.6 Å². The summed E-state index contributed by atoms with van der Waals surface area (Å²) in [6.07, 6.45) is 6.72. The largest absolute Gasteiger partial charge is 0.387 e. The first kappa shape index (κ1) is 23.0. The Morgan fingerprint density at radius 3 is 2.75 bits per heavy atom. The molecule has 1 aromatic carbocycles. The fourth-order valence-electron chi connectivity index (χ4n) is 3.18. The summed E-state index contributed by atoms with van der Waals surface area (Å²) in [6, 6.07) is 5.69. The number of aromatic nitrogens is 2. The quantitative estimate of drug-likeness (QED) is 0.288. The third-order valence-electron chi connectivity index (χ3n) is 4.72. The fraction of sp³-hybridized carbons (Fsp3) is 0.318. The van der Waals surface area contributed by atoms with Crippen LogP contribution in [0.4, 0.5) is 5.69 Å². The van der Waals surface area contributed by atoms with Crippen LogP contribution >= 0.6 is 0 Å². The van der Waals surface area contributed by atoms with Crippen molar-refractivity contribution in [1.82, 2.24) is 20.3 Å². The predicted octanol–water partition coefficient (Wildman–Crippen LogP) is 1.29. The minimum atomic E-state index is -0.279. The van der Waals surface area contributed by atoms with Gasteiger partial charge in [0.05, 0.1) is 18.8 Å². The summed E-state index contributed by atoms with van der Waals surface area (Å²) in [4.78, 5) is 42.1. The van der Waals surface area contributed by atoms with Crippen molar-refractivity contribution >= 4 is 29.9 Å². The Morgan fingerprint density at radius 1 is 1.28 bits per heavy atom. The third kappa shape index (κ3) is 5.74. The number of fused-ring (bicyclic) bond motifs is 1. The Kier molecular flexibility index (Phi) is 8.01. The summed E-state index contributed by atoms with van der Waals surface area (Å²) < 4.78 is 0. The van der Waals surface area contributed by atoms with Crippen LogP contribution in [-0.2, 0) is 21.0 Å². The Balaban J connectivity index is 1.86. The highest BCUT2D eigenvalue weighted by Gasteiger charge is 2.22. The lowest BCUT2D eigenvalue weighted by atomic mass is 10.0. The maximum absolute atomic E-state index is 13.1. The molecule has 168 valence electrons. The van der Waals surface area contributed by atoms with E-state index < -0.39 is 0 Å². The highest BCUT2D eigenvalue weighted by molar-refractivity contribution is 6.05. The number of rotatable bonds is 10. The van der Waals surface area contributed by atoms with E-state index in [-0.39, 0.29) is 25.5 Å². The van der Waals surface area contributed by atoms with Crippen molar-refractivity contribution in [3.8, 4) is 11.1 Å². The average Bonchev–Trinajstić information content (AvgIpc) is 2.98. The number of hydrogen-bond acceptors (Lipinski definition) is 8. The smallest absolute Gasteiger partial charge is 0.273 e. The van der Waals surface area contributed by atoms with Gasteiger partial charge in [-0.1, -0.05) is 19.1 Å². The summed E-state index contributed by atoms with van der Waals surface area (Å²) >= 11 is 0. The first-order chi connectivity index (χ1) is 15.5. The van der Waals surface area contributed by atoms with Crippen LogP contribution in [-0.4, -0.2) is 52.9 Å². The number of hydroxylamine groups is 2. The minimum Gasteiger partial charge on any atom is -0.387 e. The number of benzene rings is 1. The Hall–Kier alpha value is -3.63. The molecule has 1 aliphatic heterocycles. The van der Waals surface area contributed by atoms with E-state index in [1.54, 1.807) is 18.5 Å². The van der Waals surface area contributed by atoms with Crippen LogP contribution in [0.5, 0.6) is 0 Å². The summed E-state index contributed by atoms with van der Waals surface area (Å²) in [5.41, 5.74) is 15.3. The van der Waals surface area contributed by atoms with Gasteiger partial charge in [-0.15, -0.1) is 0 Å². The molecule has 0 atom stereocenters. The van der Waals surface area contributed by atoms with E-state index in [1.165, 1.54) is 5.06 Å². The topological polar surface area (TPSA) is 149 Å². The van der Waals surface area contributed by atoms with Gasteiger partial charge in [-0.2, -0.15) is 0 Å². The molecular weight excluding hydrogens is 410 g/mol. The number of aliphatic imine (C=N–C) groups is 1. The van der Waals surface area contributed by atoms with E-state index in [0.717, 1.165) is 16.7 Å². The fourth-order valence-corrected chi connectivity index (χ4v) is 3.18. The van der Waals surface area contributed by atoms with Gasteiger partial charge in [0.2, 0.25) is 6.41 Å². The molecule has 1 aliphatic rings. The number of nitrogens with two attached hydrogens (primary N) is 2. The number of carbonyl (C=O) groups is 2. The Labute approximate surface area is 186 Å². The number of amides is 2. The van der Waals surface area contributed by atoms with Gasteiger partial charge in [0.25, 0.3) is 5.91 Å². The first-order valence-electron chi connectivity index (χ1n) is 10.4. The normalized spacial score (nSPS) is 12.8. The van der Waals surface area contributed by atoms with Gasteiger partial charge in [-0.05, 0) is 24.1 Å². The molecule has 10 heteroatoms. The van der Waals surface area contributed by atoms with Gasteiger partial charge >= 0.3 is 0 Å². The number of nitrogens with zero attached hydrogens (tertiary/aromatic N) is 4. The van der Waals surface area contributed by atoms with E-state index >= 15 is 0 Å². The monoisotopic (exact) mass is 437 g/mol. The van der Waals surface area contributed by atoms with Gasteiger partial charge in [0.1, 0.15) is 11.7 Å². The average molecular weight is 438 g/mol. The summed E-state index contributed by atoms with van der Waals surface area (Å²) in [7, 11) is 0. The third-order valence-corrected chi connectivity index (χ3v) is 4.72. The number of hydrogen-bond donors (Lipinski definition) is 3. The van der Waals surface area contributed by atoms with E-state index in [0.29, 0.717) is 48.8 Å². The SMILES string of the molecule is CCCN(OCCNC=O)C(=O)C1=Cc2ccc(-c3cnc(CN)nc3)cc2N=C(N)C1. The van der Waals surface area contributed by atoms with Crippen LogP contribution in [0.25, 0.3) is 17.2 Å². The molecule has 10 nitrogen and oxygen atoms in total. The zero-order chi connectivity index (χ0) is 22.9. The number of nitrogens with one attached hydrogen (secondary N) is 1. The van der Waals surface area contributed by atoms with Crippen LogP contribution in [0, 0.1) is 0 Å². The highest BCUT2D eigenvalue weighted by atomic mass is 16.7. The van der Waals surface area contributed by atoms with Crippen molar-refractivity contribution < 1.29 is 14.4 Å². The highest BCUT2D eigenvalue weighted by Crippen LogP contribution is 2.31. The number of amidine groups is 1. The van der Waals surface area contributed by atoms with Crippen LogP contribution in [0.1, 0.15) is 31.2 Å². The number of carbonyl (C=O) groups excluding carboxylic acids is 2. The molecule has 0 fully saturated rings. The lowest BCUT2D eigenvalue weighted by Crippen LogP contribution is -2.36. The zero-order valence-corrected chi connectivity index (χ0v) is 18.0. The molecule has 0 unspecified atom stereocenters. The summed E-state index contributed by atoms with van der Waals surface area (Å²) in [5, 5.41) is 3.81. The van der Waals surface area contributed by atoms with Crippen LogP contribution in [0.3, 0.4) is 0 Å². The second-order valence-electron chi connectivity index (χ2n) is 7.13. The molecule has 2 aromatic rings. The van der Waals surface area contributed by atoms with Crippen molar-refractivity contribution in [2.24, 2.45) is 16.5 Å². The zero-order valence-electron chi connectivity index (χ0n) is 18.0. The van der Waals surface area contributed by atoms with Gasteiger partial charge in [-0.3, -0.25) is 14.4 Å². The maximum atomic E-state index is 13.1. The van der Waals surface area contributed by atoms with E-state index in [1.807, 2.05) is 25.1 Å². The molecule has 0 spiro atoms. The predicted molar refractivity (Wildman–Crippen MR) is 121 cm³/mol. The summed E-state index contributed by atoms with van der Waals surface area (Å²) in [6.45, 7) is 3.14. The molecule has 2 heterocycles. The Bertz CT molecular complexity index is 1020. The molecule has 0 saturated heterocycles. The van der Waals surface area contributed by atoms with Crippen molar-refractivity contribution in [2.45, 2.75) is 26.3 Å². The van der Waals surface area contributed by atoms with Crippen molar-refractivity contribution in [1.29, 1.82) is 0 Å². The standard InChI is InChI=1S/C22H27N7O3/c1-2-6-29(32-7-5-25-14-30)22(31)17-8-16-4-3-15(9-19(16)28-20(24)10-17)18-12-26-21(11-23)27-13-18/h3-4,8-9,12-14H,2,5-7,10-11,23H2,1H3,(H2,24,28)(H,25,30). The van der Waals surface area contributed by atoms with Crippen LogP contribution in [0.15, 0.2) is 41.2 Å². The molecule has 0 bridgehead atoms. The molecule has 1 aromatic heterocycles. The minimum absolute atomic E-state index is 0.187. The summed E-state index contributed by atoms with van der Waals surface area (Å²) in [5.74, 6) is 0.616. The maximum Gasteiger partial charge on any atom is 0.273 e. The molecule has 0 radical (unpaired) electrons. The molecule has 2 amide bonds. The molecule has 0 saturated carbocycles. The van der Waals surface area contributed by atoms with Gasteiger partial charge in [0, 0.05) is 48.6 Å². The van der Waals surface area contributed by atoms with E-state index in [9.17, 15) is 9.59 Å². The Morgan fingerprint density at radius 2 is 2.06 bits per heavy atom. The lowest BCUT2D eigenvalue weighted by Gasteiger charge is -2.22. The molecule has 5 N–H and O–H groups in total. The van der Waals surface area contributed by atoms with Crippen molar-refractivity contribution in [2.75, 3.05) is 19.7 Å². The first-order valence-corrected chi connectivity index (χ1v) is 10.4. The lowest BCUT2D eigenvalue weighted by molar-refractivity contribution is -0.181. The second kappa shape index (κ2) is 11.1. The molecule has 32 heavy (non-hydrogen) atoms. The molecule has 3 rings (SSSR count). The van der Waals surface area contributed by atoms with Crippen molar-refractivity contribution in [3.63, 3.8) is 0 Å². The van der Waals surface area contributed by atoms with Gasteiger partial charge in [-0.25, -0.2) is 20.0 Å². The van der Waals surface area contributed by atoms with Gasteiger partial charge < -0.3 is 16.8 Å². The van der Waals surface area contributed by atoms with Crippen LogP contribution < -0.4 is 16.8 Å². The van der Waals surface area contributed by atoms with Crippen LogP contribution in [0.2, 0.25) is 0 Å². The van der Waals surface area contributed by atoms with Gasteiger partial charge in [0.15, 0.2) is 0 Å². The second-order valence-corrected chi connectivity index (χ2v) is 7.13. The molecule has 0 aliphatic carbocycles. The molecular formula is C22H27N7O3. The van der Waals surface area contributed by atoms with E-state index in [2.05, 4.69) is 20.3 Å².